The minimum absolute atomic E-state index is 0.139. The summed E-state index contributed by atoms with van der Waals surface area (Å²) in [6.45, 7) is 2.11. The first-order valence-electron chi connectivity index (χ1n) is 8.47. The lowest BCUT2D eigenvalue weighted by Gasteiger charge is -2.28. The average Bonchev–Trinajstić information content (AvgIpc) is 3.28. The zero-order valence-corrected chi connectivity index (χ0v) is 13.5. The second kappa shape index (κ2) is 5.69. The molecule has 2 fully saturated rings. The van der Waals surface area contributed by atoms with E-state index in [2.05, 4.69) is 5.32 Å². The summed E-state index contributed by atoms with van der Waals surface area (Å²) in [4.78, 5) is 24.3. The lowest BCUT2D eigenvalue weighted by atomic mass is 9.78. The van der Waals surface area contributed by atoms with E-state index >= 15 is 0 Å². The summed E-state index contributed by atoms with van der Waals surface area (Å²) in [5, 5.41) is 12.5. The molecule has 128 valence electrons. The van der Waals surface area contributed by atoms with Crippen LogP contribution in [0.5, 0.6) is 11.5 Å². The molecule has 1 amide bonds. The molecular formula is C18H21NO5. The van der Waals surface area contributed by atoms with Crippen LogP contribution in [-0.4, -0.2) is 23.8 Å². The van der Waals surface area contributed by atoms with Crippen molar-refractivity contribution in [1.82, 2.24) is 5.32 Å². The van der Waals surface area contributed by atoms with Crippen LogP contribution in [0.2, 0.25) is 0 Å². The van der Waals surface area contributed by atoms with Gasteiger partial charge in [-0.1, -0.05) is 6.07 Å². The lowest BCUT2D eigenvalue weighted by molar-refractivity contribution is -0.149. The molecule has 6 heteroatoms. The van der Waals surface area contributed by atoms with Crippen LogP contribution in [0.1, 0.15) is 37.8 Å². The molecule has 2 aliphatic carbocycles. The quantitative estimate of drug-likeness (QED) is 0.884. The fraction of sp³-hybridized carbons (Fsp3) is 0.556. The summed E-state index contributed by atoms with van der Waals surface area (Å²) in [6, 6.07) is 5.38. The zero-order chi connectivity index (χ0) is 16.8. The second-order valence-electron chi connectivity index (χ2n) is 7.07. The van der Waals surface area contributed by atoms with Crippen LogP contribution in [0.15, 0.2) is 18.2 Å². The summed E-state index contributed by atoms with van der Waals surface area (Å²) >= 11 is 0. The van der Waals surface area contributed by atoms with E-state index < -0.39 is 17.8 Å². The molecule has 6 nitrogen and oxygen atoms in total. The van der Waals surface area contributed by atoms with Gasteiger partial charge in [0.25, 0.3) is 0 Å². The smallest absolute Gasteiger partial charge is 0.307 e. The van der Waals surface area contributed by atoms with E-state index in [1.54, 1.807) is 0 Å². The minimum Gasteiger partial charge on any atom is -0.481 e. The first kappa shape index (κ1) is 15.3. The predicted molar refractivity (Wildman–Crippen MR) is 84.6 cm³/mol. The van der Waals surface area contributed by atoms with Crippen molar-refractivity contribution < 1.29 is 24.2 Å². The molecule has 0 aromatic heterocycles. The van der Waals surface area contributed by atoms with Gasteiger partial charge in [0.1, 0.15) is 0 Å². The molecule has 0 spiro atoms. The van der Waals surface area contributed by atoms with E-state index in [1.807, 2.05) is 25.1 Å². The maximum atomic E-state index is 12.7. The summed E-state index contributed by atoms with van der Waals surface area (Å²) in [5.41, 5.74) is 0.919. The Hall–Kier alpha value is -2.24. The van der Waals surface area contributed by atoms with Crippen LogP contribution >= 0.6 is 0 Å². The van der Waals surface area contributed by atoms with Crippen LogP contribution in [-0.2, 0) is 9.59 Å². The van der Waals surface area contributed by atoms with Crippen LogP contribution in [0.3, 0.4) is 0 Å². The number of amides is 1. The number of nitrogens with one attached hydrogen (secondary N) is 1. The number of rotatable bonds is 4. The van der Waals surface area contributed by atoms with Gasteiger partial charge < -0.3 is 19.9 Å². The molecule has 1 heterocycles. The Morgan fingerprint density at radius 1 is 1.17 bits per heavy atom. The Bertz CT molecular complexity index is 688. The number of carbonyl (C=O) groups is 2. The van der Waals surface area contributed by atoms with Crippen molar-refractivity contribution in [3.8, 4) is 11.5 Å². The standard InChI is InChI=1S/C18H21NO5/c1-9(10-4-5-13-14(7-10)24-8-23-13)19-17(20)15-11-2-3-12(6-11)16(15)18(21)22/h4-5,7,9,11-12,15-16H,2-3,6,8H2,1H3,(H,19,20)(H,21,22)/t9-,11-,12+,15-,16+/m1/s1. The summed E-state index contributed by atoms with van der Waals surface area (Å²) in [5.74, 6) is -0.166. The number of hydrogen-bond donors (Lipinski definition) is 2. The normalized spacial score (nSPS) is 31.0. The van der Waals surface area contributed by atoms with Crippen LogP contribution in [0.4, 0.5) is 0 Å². The molecular weight excluding hydrogens is 310 g/mol. The highest BCUT2D eigenvalue weighted by Gasteiger charge is 2.54. The van der Waals surface area contributed by atoms with Gasteiger partial charge in [-0.3, -0.25) is 9.59 Å². The monoisotopic (exact) mass is 331 g/mol. The van der Waals surface area contributed by atoms with Gasteiger partial charge >= 0.3 is 5.97 Å². The van der Waals surface area contributed by atoms with E-state index in [1.165, 1.54) is 0 Å². The Balaban J connectivity index is 1.48. The van der Waals surface area contributed by atoms with E-state index in [-0.39, 0.29) is 30.6 Å². The van der Waals surface area contributed by atoms with Crippen LogP contribution in [0.25, 0.3) is 0 Å². The Morgan fingerprint density at radius 2 is 1.88 bits per heavy atom. The number of benzene rings is 1. The molecule has 24 heavy (non-hydrogen) atoms. The molecule has 1 aromatic carbocycles. The molecule has 4 rings (SSSR count). The largest absolute Gasteiger partial charge is 0.481 e. The molecule has 0 saturated heterocycles. The van der Waals surface area contributed by atoms with Gasteiger partial charge in [-0.2, -0.15) is 0 Å². The number of fused-ring (bicyclic) bond motifs is 3. The number of ether oxygens (including phenoxy) is 2. The number of hydrogen-bond acceptors (Lipinski definition) is 4. The fourth-order valence-corrected chi connectivity index (χ4v) is 4.60. The second-order valence-corrected chi connectivity index (χ2v) is 7.07. The topological polar surface area (TPSA) is 84.9 Å². The Morgan fingerprint density at radius 3 is 2.62 bits per heavy atom. The highest BCUT2D eigenvalue weighted by molar-refractivity contribution is 5.86. The van der Waals surface area contributed by atoms with Gasteiger partial charge in [0, 0.05) is 0 Å². The predicted octanol–water partition coefficient (Wildman–Crippen LogP) is 2.34. The molecule has 5 atom stereocenters. The molecule has 1 aromatic rings. The molecule has 0 unspecified atom stereocenters. The third-order valence-corrected chi connectivity index (χ3v) is 5.76. The molecule has 2 saturated carbocycles. The SMILES string of the molecule is C[C@@H](NC(=O)[C@@H]1[C@@H]2CC[C@@H](C2)[C@@H]1C(=O)O)c1ccc2c(c1)OCO2. The van der Waals surface area contributed by atoms with Crippen molar-refractivity contribution >= 4 is 11.9 Å². The number of carboxylic acid groups (broad SMARTS) is 1. The highest BCUT2D eigenvalue weighted by Crippen LogP contribution is 2.52. The molecule has 2 N–H and O–H groups in total. The van der Waals surface area contributed by atoms with Crippen LogP contribution < -0.4 is 14.8 Å². The highest BCUT2D eigenvalue weighted by atomic mass is 16.7. The zero-order valence-electron chi connectivity index (χ0n) is 13.5. The van der Waals surface area contributed by atoms with Crippen molar-refractivity contribution in [3.63, 3.8) is 0 Å². The summed E-state index contributed by atoms with van der Waals surface area (Å²) in [6.07, 6.45) is 2.77. The average molecular weight is 331 g/mol. The van der Waals surface area contributed by atoms with Crippen molar-refractivity contribution in [1.29, 1.82) is 0 Å². The Labute approximate surface area is 140 Å². The molecule has 3 aliphatic rings. The third-order valence-electron chi connectivity index (χ3n) is 5.76. The van der Waals surface area contributed by atoms with E-state index in [4.69, 9.17) is 9.47 Å². The molecule has 2 bridgehead atoms. The molecule has 1 aliphatic heterocycles. The van der Waals surface area contributed by atoms with Gasteiger partial charge in [0.2, 0.25) is 12.7 Å². The number of carbonyl (C=O) groups excluding carboxylic acids is 1. The maximum Gasteiger partial charge on any atom is 0.307 e. The van der Waals surface area contributed by atoms with Crippen molar-refractivity contribution in [2.24, 2.45) is 23.7 Å². The fourth-order valence-electron chi connectivity index (χ4n) is 4.60. The summed E-state index contributed by atoms with van der Waals surface area (Å²) < 4.78 is 10.7. The maximum absolute atomic E-state index is 12.7. The van der Waals surface area contributed by atoms with Crippen molar-refractivity contribution in [2.75, 3.05) is 6.79 Å². The summed E-state index contributed by atoms with van der Waals surface area (Å²) in [7, 11) is 0. The van der Waals surface area contributed by atoms with E-state index in [9.17, 15) is 14.7 Å². The third kappa shape index (κ3) is 2.41. The van der Waals surface area contributed by atoms with Gasteiger partial charge in [-0.15, -0.1) is 0 Å². The van der Waals surface area contributed by atoms with Gasteiger partial charge in [0.15, 0.2) is 11.5 Å². The van der Waals surface area contributed by atoms with Crippen LogP contribution in [0, 0.1) is 23.7 Å². The first-order valence-corrected chi connectivity index (χ1v) is 8.47. The first-order chi connectivity index (χ1) is 11.5. The molecule has 0 radical (unpaired) electrons. The Kier molecular flexibility index (Phi) is 3.62. The van der Waals surface area contributed by atoms with Crippen molar-refractivity contribution in [2.45, 2.75) is 32.2 Å². The van der Waals surface area contributed by atoms with E-state index in [0.29, 0.717) is 11.5 Å². The lowest BCUT2D eigenvalue weighted by Crippen LogP contribution is -2.42. The van der Waals surface area contributed by atoms with Gasteiger partial charge in [-0.25, -0.2) is 0 Å². The van der Waals surface area contributed by atoms with Gasteiger partial charge in [-0.05, 0) is 55.7 Å². The number of carboxylic acids is 1. The van der Waals surface area contributed by atoms with Crippen molar-refractivity contribution in [3.05, 3.63) is 23.8 Å². The number of aliphatic carboxylic acids is 1. The van der Waals surface area contributed by atoms with E-state index in [0.717, 1.165) is 24.8 Å². The van der Waals surface area contributed by atoms with Gasteiger partial charge in [0.05, 0.1) is 17.9 Å². The minimum atomic E-state index is -0.835.